The molecule has 3 rings (SSSR count). The second-order valence-corrected chi connectivity index (χ2v) is 7.12. The molecular weight excluding hydrogens is 352 g/mol. The molecule has 1 saturated carbocycles. The van der Waals surface area contributed by atoms with Crippen molar-refractivity contribution in [1.82, 2.24) is 10.3 Å². The summed E-state index contributed by atoms with van der Waals surface area (Å²) in [5.41, 5.74) is 1.60. The molecule has 26 heavy (non-hydrogen) atoms. The summed E-state index contributed by atoms with van der Waals surface area (Å²) < 4.78 is 10.2. The van der Waals surface area contributed by atoms with Crippen molar-refractivity contribution in [2.75, 3.05) is 13.7 Å². The molecule has 0 bridgehead atoms. The summed E-state index contributed by atoms with van der Waals surface area (Å²) >= 11 is 1.46. The Morgan fingerprint density at radius 1 is 1.23 bits per heavy atom. The van der Waals surface area contributed by atoms with Crippen LogP contribution in [0.1, 0.15) is 31.4 Å². The second-order valence-electron chi connectivity index (χ2n) is 6.26. The summed E-state index contributed by atoms with van der Waals surface area (Å²) in [7, 11) is 1.62. The van der Waals surface area contributed by atoms with Gasteiger partial charge >= 0.3 is 5.97 Å². The summed E-state index contributed by atoms with van der Waals surface area (Å²) in [5.74, 6) is 0.102. The van der Waals surface area contributed by atoms with Crippen molar-refractivity contribution in [2.45, 2.75) is 38.1 Å². The number of ether oxygens (including phenoxy) is 2. The van der Waals surface area contributed by atoms with Crippen molar-refractivity contribution in [3.05, 3.63) is 35.3 Å². The van der Waals surface area contributed by atoms with Gasteiger partial charge in [0.1, 0.15) is 10.8 Å². The van der Waals surface area contributed by atoms with Crippen molar-refractivity contribution in [1.29, 1.82) is 0 Å². The Kier molecular flexibility index (Phi) is 6.22. The number of aromatic nitrogens is 1. The fourth-order valence-electron chi connectivity index (χ4n) is 2.94. The van der Waals surface area contributed by atoms with Gasteiger partial charge in [0.15, 0.2) is 6.61 Å². The summed E-state index contributed by atoms with van der Waals surface area (Å²) in [6.07, 6.45) is 4.36. The molecule has 0 saturated heterocycles. The number of nitrogens with one attached hydrogen (secondary N) is 1. The number of hydrogen-bond donors (Lipinski definition) is 1. The van der Waals surface area contributed by atoms with Gasteiger partial charge in [0.05, 0.1) is 19.2 Å². The molecule has 1 N–H and O–H groups in total. The van der Waals surface area contributed by atoms with Crippen LogP contribution in [0.25, 0.3) is 10.6 Å². The molecular formula is C19H22N2O4S. The Morgan fingerprint density at radius 2 is 1.96 bits per heavy atom. The zero-order chi connectivity index (χ0) is 18.4. The lowest BCUT2D eigenvalue weighted by Crippen LogP contribution is -2.36. The van der Waals surface area contributed by atoms with E-state index >= 15 is 0 Å². The van der Waals surface area contributed by atoms with Gasteiger partial charge in [-0.1, -0.05) is 12.8 Å². The van der Waals surface area contributed by atoms with Gasteiger partial charge in [-0.2, -0.15) is 0 Å². The molecule has 138 valence electrons. The number of nitrogens with zero attached hydrogens (tertiary/aromatic N) is 1. The van der Waals surface area contributed by atoms with Crippen LogP contribution < -0.4 is 10.1 Å². The molecule has 1 aliphatic carbocycles. The molecule has 1 heterocycles. The highest BCUT2D eigenvalue weighted by atomic mass is 32.1. The van der Waals surface area contributed by atoms with Crippen LogP contribution in [0.5, 0.6) is 5.75 Å². The number of esters is 1. The van der Waals surface area contributed by atoms with Gasteiger partial charge in [-0.15, -0.1) is 11.3 Å². The zero-order valence-corrected chi connectivity index (χ0v) is 15.5. The number of benzene rings is 1. The molecule has 0 spiro atoms. The van der Waals surface area contributed by atoms with E-state index in [4.69, 9.17) is 9.47 Å². The van der Waals surface area contributed by atoms with Gasteiger partial charge in [-0.05, 0) is 37.1 Å². The lowest BCUT2D eigenvalue weighted by Gasteiger charge is -2.11. The first-order valence-corrected chi connectivity index (χ1v) is 9.56. The van der Waals surface area contributed by atoms with E-state index in [2.05, 4.69) is 10.3 Å². The molecule has 1 amide bonds. The van der Waals surface area contributed by atoms with Gasteiger partial charge in [0.25, 0.3) is 5.91 Å². The van der Waals surface area contributed by atoms with Gasteiger partial charge in [0, 0.05) is 17.0 Å². The summed E-state index contributed by atoms with van der Waals surface area (Å²) in [5, 5.41) is 5.55. The van der Waals surface area contributed by atoms with Crippen LogP contribution in [-0.2, 0) is 20.7 Å². The Bertz CT molecular complexity index is 751. The Morgan fingerprint density at radius 3 is 2.65 bits per heavy atom. The maximum absolute atomic E-state index is 11.9. The predicted octanol–water partition coefficient (Wildman–Crippen LogP) is 2.96. The third-order valence-electron chi connectivity index (χ3n) is 4.30. The normalized spacial score (nSPS) is 14.2. The average Bonchev–Trinajstić information content (AvgIpc) is 3.32. The number of amides is 1. The minimum atomic E-state index is -0.446. The standard InChI is InChI=1S/C19H22N2O4S/c1-24-16-8-6-13(7-9-16)19-21-15(12-26-19)10-18(23)25-11-17(22)20-14-4-2-3-5-14/h6-9,12,14H,2-5,10-11H2,1H3,(H,20,22). The third-order valence-corrected chi connectivity index (χ3v) is 5.24. The topological polar surface area (TPSA) is 77.5 Å². The first kappa shape index (κ1) is 18.4. The van der Waals surface area contributed by atoms with Crippen molar-refractivity contribution >= 4 is 23.2 Å². The number of carbonyl (C=O) groups is 2. The number of carbonyl (C=O) groups excluding carboxylic acids is 2. The Hall–Kier alpha value is -2.41. The summed E-state index contributed by atoms with van der Waals surface area (Å²) in [4.78, 5) is 28.2. The maximum atomic E-state index is 11.9. The van der Waals surface area contributed by atoms with E-state index in [0.717, 1.165) is 42.0 Å². The average molecular weight is 374 g/mol. The minimum Gasteiger partial charge on any atom is -0.497 e. The fraction of sp³-hybridized carbons (Fsp3) is 0.421. The SMILES string of the molecule is COc1ccc(-c2nc(CC(=O)OCC(=O)NC3CCCC3)cs2)cc1. The maximum Gasteiger partial charge on any atom is 0.312 e. The van der Waals surface area contributed by atoms with E-state index in [1.54, 1.807) is 7.11 Å². The molecule has 1 aliphatic rings. The molecule has 0 radical (unpaired) electrons. The van der Waals surface area contributed by atoms with E-state index in [1.165, 1.54) is 11.3 Å². The van der Waals surface area contributed by atoms with Crippen LogP contribution >= 0.6 is 11.3 Å². The van der Waals surface area contributed by atoms with E-state index in [0.29, 0.717) is 5.69 Å². The van der Waals surface area contributed by atoms with Crippen LogP contribution in [0.2, 0.25) is 0 Å². The van der Waals surface area contributed by atoms with Crippen molar-refractivity contribution in [3.63, 3.8) is 0 Å². The van der Waals surface area contributed by atoms with E-state index < -0.39 is 5.97 Å². The third kappa shape index (κ3) is 5.05. The van der Waals surface area contributed by atoms with E-state index in [9.17, 15) is 9.59 Å². The molecule has 6 nitrogen and oxygen atoms in total. The van der Waals surface area contributed by atoms with Crippen LogP contribution in [0.15, 0.2) is 29.6 Å². The molecule has 2 aromatic rings. The van der Waals surface area contributed by atoms with Crippen LogP contribution in [0.4, 0.5) is 0 Å². The molecule has 7 heteroatoms. The molecule has 0 unspecified atom stereocenters. The van der Waals surface area contributed by atoms with Gasteiger partial charge in [0.2, 0.25) is 0 Å². The summed E-state index contributed by atoms with van der Waals surface area (Å²) in [6.45, 7) is -0.231. The van der Waals surface area contributed by atoms with Crippen LogP contribution in [0, 0.1) is 0 Å². The van der Waals surface area contributed by atoms with E-state index in [1.807, 2.05) is 29.6 Å². The van der Waals surface area contributed by atoms with Crippen molar-refractivity contribution < 1.29 is 19.1 Å². The molecule has 0 atom stereocenters. The number of methoxy groups -OCH3 is 1. The summed E-state index contributed by atoms with van der Waals surface area (Å²) in [6, 6.07) is 7.81. The molecule has 1 aromatic carbocycles. The van der Waals surface area contributed by atoms with Gasteiger partial charge < -0.3 is 14.8 Å². The first-order valence-electron chi connectivity index (χ1n) is 8.68. The second kappa shape index (κ2) is 8.80. The van der Waals surface area contributed by atoms with Crippen LogP contribution in [-0.4, -0.2) is 36.6 Å². The monoisotopic (exact) mass is 374 g/mol. The number of hydrogen-bond acceptors (Lipinski definition) is 6. The Balaban J connectivity index is 1.46. The predicted molar refractivity (Wildman–Crippen MR) is 99.2 cm³/mol. The lowest BCUT2D eigenvalue weighted by molar-refractivity contribution is -0.148. The molecule has 1 fully saturated rings. The molecule has 1 aromatic heterocycles. The lowest BCUT2D eigenvalue weighted by atomic mass is 10.2. The number of thiazole rings is 1. The van der Waals surface area contributed by atoms with Crippen molar-refractivity contribution in [3.8, 4) is 16.3 Å². The minimum absolute atomic E-state index is 0.0589. The highest BCUT2D eigenvalue weighted by Gasteiger charge is 2.18. The van der Waals surface area contributed by atoms with Crippen molar-refractivity contribution in [2.24, 2.45) is 0 Å². The van der Waals surface area contributed by atoms with Gasteiger partial charge in [-0.3, -0.25) is 9.59 Å². The fourth-order valence-corrected chi connectivity index (χ4v) is 3.76. The van der Waals surface area contributed by atoms with E-state index in [-0.39, 0.29) is 25.0 Å². The molecule has 0 aliphatic heterocycles. The zero-order valence-electron chi connectivity index (χ0n) is 14.7. The highest BCUT2D eigenvalue weighted by Crippen LogP contribution is 2.26. The largest absolute Gasteiger partial charge is 0.497 e. The van der Waals surface area contributed by atoms with Crippen LogP contribution in [0.3, 0.4) is 0 Å². The first-order chi connectivity index (χ1) is 12.6. The Labute approximate surface area is 156 Å². The quantitative estimate of drug-likeness (QED) is 0.754. The smallest absolute Gasteiger partial charge is 0.312 e. The van der Waals surface area contributed by atoms with Gasteiger partial charge in [-0.25, -0.2) is 4.98 Å². The number of rotatable bonds is 7. The highest BCUT2D eigenvalue weighted by molar-refractivity contribution is 7.13.